The fraction of sp³-hybridized carbons (Fsp3) is 0.923. The van der Waals surface area contributed by atoms with Crippen LogP contribution in [0.1, 0.15) is 32.6 Å². The molecule has 4 saturated carbocycles. The first-order chi connectivity index (χ1) is 17.8. The van der Waals surface area contributed by atoms with Crippen LogP contribution in [0.15, 0.2) is 12.2 Å². The lowest BCUT2D eigenvalue weighted by Crippen LogP contribution is -2.85. The van der Waals surface area contributed by atoms with Gasteiger partial charge in [0.05, 0.1) is 43.5 Å². The van der Waals surface area contributed by atoms with Crippen molar-refractivity contribution in [2.24, 2.45) is 34.0 Å². The van der Waals surface area contributed by atoms with Crippen molar-refractivity contribution in [2.45, 2.75) is 93.5 Å². The summed E-state index contributed by atoms with van der Waals surface area (Å²) in [6, 6.07) is 0. The Labute approximate surface area is 220 Å². The molecular formula is C26H40O12. The molecule has 3 saturated heterocycles. The van der Waals surface area contributed by atoms with Crippen molar-refractivity contribution in [3.63, 3.8) is 0 Å². The molecule has 9 N–H and O–H groups in total. The van der Waals surface area contributed by atoms with Gasteiger partial charge >= 0.3 is 0 Å². The largest absolute Gasteiger partial charge is 0.394 e. The number of hydrogen-bond donors (Lipinski definition) is 9. The van der Waals surface area contributed by atoms with Crippen molar-refractivity contribution in [1.29, 1.82) is 0 Å². The lowest BCUT2D eigenvalue weighted by atomic mass is 9.35. The summed E-state index contributed by atoms with van der Waals surface area (Å²) < 4.78 is 17.3. The van der Waals surface area contributed by atoms with E-state index in [1.54, 1.807) is 6.92 Å². The summed E-state index contributed by atoms with van der Waals surface area (Å²) in [5.74, 6) is -3.59. The van der Waals surface area contributed by atoms with Gasteiger partial charge in [0.1, 0.15) is 30.5 Å². The van der Waals surface area contributed by atoms with Crippen LogP contribution in [0.4, 0.5) is 0 Å². The minimum atomic E-state index is -2.16. The number of hydrogen-bond acceptors (Lipinski definition) is 12. The Morgan fingerprint density at radius 1 is 1.00 bits per heavy atom. The molecule has 38 heavy (non-hydrogen) atoms. The van der Waals surface area contributed by atoms with E-state index in [1.807, 2.05) is 0 Å². The quantitative estimate of drug-likeness (QED) is 0.162. The van der Waals surface area contributed by atoms with Gasteiger partial charge in [0, 0.05) is 23.2 Å². The summed E-state index contributed by atoms with van der Waals surface area (Å²) in [7, 11) is 0. The highest BCUT2D eigenvalue weighted by atomic mass is 16.7. The first-order valence-corrected chi connectivity index (χ1v) is 13.5. The predicted molar refractivity (Wildman–Crippen MR) is 126 cm³/mol. The van der Waals surface area contributed by atoms with Crippen LogP contribution in [0.2, 0.25) is 0 Å². The average Bonchev–Trinajstić information content (AvgIpc) is 3.08. The van der Waals surface area contributed by atoms with E-state index in [0.29, 0.717) is 24.8 Å². The molecule has 0 aromatic carbocycles. The van der Waals surface area contributed by atoms with Crippen molar-refractivity contribution in [1.82, 2.24) is 0 Å². The maximum atomic E-state index is 12.0. The number of aliphatic hydroxyl groups excluding tert-OH is 8. The van der Waals surface area contributed by atoms with Gasteiger partial charge in [0.2, 0.25) is 5.79 Å². The zero-order valence-electron chi connectivity index (χ0n) is 21.3. The molecule has 16 atom stereocenters. The van der Waals surface area contributed by atoms with Crippen molar-refractivity contribution in [3.05, 3.63) is 12.2 Å². The van der Waals surface area contributed by atoms with Gasteiger partial charge in [-0.25, -0.2) is 0 Å². The molecule has 16 unspecified atom stereocenters. The van der Waals surface area contributed by atoms with Crippen molar-refractivity contribution >= 4 is 0 Å². The molecule has 0 aromatic rings. The highest BCUT2D eigenvalue weighted by molar-refractivity contribution is 5.35. The number of rotatable bonds is 4. The second-order valence-corrected chi connectivity index (χ2v) is 12.9. The Kier molecular flexibility index (Phi) is 6.23. The van der Waals surface area contributed by atoms with E-state index in [9.17, 15) is 46.0 Å². The Bertz CT molecular complexity index is 978. The number of fused-ring (bicyclic) bond motifs is 2. The summed E-state index contributed by atoms with van der Waals surface area (Å²) in [6.45, 7) is 4.68. The second-order valence-electron chi connectivity index (χ2n) is 12.9. The van der Waals surface area contributed by atoms with Crippen LogP contribution < -0.4 is 0 Å². The zero-order valence-corrected chi connectivity index (χ0v) is 21.3. The fourth-order valence-electron chi connectivity index (χ4n) is 9.52. The molecule has 12 nitrogen and oxygen atoms in total. The highest BCUT2D eigenvalue weighted by Crippen LogP contribution is 2.77. The summed E-state index contributed by atoms with van der Waals surface area (Å²) in [5.41, 5.74) is -3.10. The lowest BCUT2D eigenvalue weighted by Gasteiger charge is -2.75. The van der Waals surface area contributed by atoms with Crippen LogP contribution in [0.5, 0.6) is 0 Å². The SMILES string of the molecule is C=C1C2CCC3C45COC(O)(C(O)C4C(C)(COC4OC(CO)C(O)C(O)C4O)C(O)CC5O)C3(C2)C1O. The standard InChI is InChI=1S/C26H40O12/c1-10-11-3-4-13-24-9-37-26(35,25(13,6-11)20(10)33)21(34)19(24)23(2,14(28)5-15(24)29)8-36-22-18(32)17(31)16(30)12(7-27)38-22/h11-22,27-35H,1,3-9H2,2H3. The van der Waals surface area contributed by atoms with Crippen LogP contribution in [-0.2, 0) is 14.2 Å². The van der Waals surface area contributed by atoms with Gasteiger partial charge < -0.3 is 60.2 Å². The topological polar surface area (TPSA) is 210 Å². The van der Waals surface area contributed by atoms with E-state index in [4.69, 9.17) is 14.2 Å². The molecule has 216 valence electrons. The van der Waals surface area contributed by atoms with Gasteiger partial charge in [-0.05, 0) is 36.7 Å². The molecule has 12 heteroatoms. The minimum Gasteiger partial charge on any atom is -0.394 e. The summed E-state index contributed by atoms with van der Waals surface area (Å²) in [5, 5.41) is 98.4. The van der Waals surface area contributed by atoms with Crippen molar-refractivity contribution in [2.75, 3.05) is 19.8 Å². The molecular weight excluding hydrogens is 504 g/mol. The highest BCUT2D eigenvalue weighted by Gasteiger charge is 2.85. The van der Waals surface area contributed by atoms with E-state index < -0.39 is 95.6 Å². The smallest absolute Gasteiger partial charge is 0.201 e. The van der Waals surface area contributed by atoms with Crippen LogP contribution in [0, 0.1) is 34.0 Å². The van der Waals surface area contributed by atoms with Gasteiger partial charge in [-0.15, -0.1) is 0 Å². The normalized spacial score (nSPS) is 61.5. The van der Waals surface area contributed by atoms with Gasteiger partial charge in [0.15, 0.2) is 6.29 Å². The lowest BCUT2D eigenvalue weighted by molar-refractivity contribution is -0.473. The minimum absolute atomic E-state index is 0.0393. The summed E-state index contributed by atoms with van der Waals surface area (Å²) in [6.07, 6.45) is -11.0. The van der Waals surface area contributed by atoms with Crippen LogP contribution >= 0.6 is 0 Å². The molecule has 4 aliphatic carbocycles. The summed E-state index contributed by atoms with van der Waals surface area (Å²) in [4.78, 5) is 0. The third-order valence-electron chi connectivity index (χ3n) is 11.5. The number of ether oxygens (including phenoxy) is 3. The summed E-state index contributed by atoms with van der Waals surface area (Å²) >= 11 is 0. The molecule has 0 radical (unpaired) electrons. The molecule has 7 aliphatic rings. The first-order valence-electron chi connectivity index (χ1n) is 13.5. The maximum Gasteiger partial charge on any atom is 0.201 e. The Balaban J connectivity index is 1.37. The maximum absolute atomic E-state index is 12.0. The molecule has 3 heterocycles. The second kappa shape index (κ2) is 8.63. The van der Waals surface area contributed by atoms with E-state index >= 15 is 0 Å². The molecule has 0 amide bonds. The molecule has 2 spiro atoms. The predicted octanol–water partition coefficient (Wildman–Crippen LogP) is -3.04. The molecule has 7 rings (SSSR count). The monoisotopic (exact) mass is 544 g/mol. The van der Waals surface area contributed by atoms with Crippen LogP contribution in [0.25, 0.3) is 0 Å². The van der Waals surface area contributed by atoms with E-state index in [2.05, 4.69) is 6.58 Å². The van der Waals surface area contributed by atoms with Gasteiger partial charge in [-0.2, -0.15) is 0 Å². The van der Waals surface area contributed by atoms with Gasteiger partial charge in [0.25, 0.3) is 0 Å². The van der Waals surface area contributed by atoms with Gasteiger partial charge in [-0.3, -0.25) is 0 Å². The van der Waals surface area contributed by atoms with E-state index in [0.717, 1.165) is 0 Å². The molecule has 0 aromatic heterocycles. The third-order valence-corrected chi connectivity index (χ3v) is 11.5. The van der Waals surface area contributed by atoms with Crippen LogP contribution in [-0.4, -0.2) is 127 Å². The molecule has 7 fully saturated rings. The van der Waals surface area contributed by atoms with E-state index in [-0.39, 0.29) is 25.6 Å². The molecule has 4 bridgehead atoms. The fourth-order valence-corrected chi connectivity index (χ4v) is 9.52. The van der Waals surface area contributed by atoms with E-state index in [1.165, 1.54) is 0 Å². The first kappa shape index (κ1) is 27.4. The Hall–Kier alpha value is -0.740. The van der Waals surface area contributed by atoms with Gasteiger partial charge in [-0.1, -0.05) is 13.5 Å². The number of aliphatic hydroxyl groups is 9. The van der Waals surface area contributed by atoms with Crippen LogP contribution in [0.3, 0.4) is 0 Å². The Morgan fingerprint density at radius 2 is 1.71 bits per heavy atom. The molecule has 3 aliphatic heterocycles. The zero-order chi connectivity index (χ0) is 27.6. The Morgan fingerprint density at radius 3 is 2.39 bits per heavy atom. The van der Waals surface area contributed by atoms with Crippen molar-refractivity contribution < 1.29 is 60.2 Å². The van der Waals surface area contributed by atoms with Crippen molar-refractivity contribution in [3.8, 4) is 0 Å². The third kappa shape index (κ3) is 3.01. The average molecular weight is 545 g/mol.